The Bertz CT molecular complexity index is 2210. The molecule has 0 aliphatic rings. The largest absolute Gasteiger partial charge is 0.497 e. The van der Waals surface area contributed by atoms with Crippen LogP contribution in [0.4, 0.5) is 5.82 Å². The van der Waals surface area contributed by atoms with Gasteiger partial charge in [0, 0.05) is 22.5 Å². The van der Waals surface area contributed by atoms with E-state index < -0.39 is 10.0 Å². The number of aromatic nitrogens is 2. The lowest BCUT2D eigenvalue weighted by Gasteiger charge is -2.16. The Hall–Kier alpha value is -5.26. The van der Waals surface area contributed by atoms with Crippen molar-refractivity contribution in [3.63, 3.8) is 0 Å². The molecule has 0 aliphatic carbocycles. The van der Waals surface area contributed by atoms with Gasteiger partial charge in [-0.05, 0) is 95.1 Å². The number of fused-ring (bicyclic) bond motifs is 1. The molecule has 0 amide bonds. The molecule has 0 aliphatic heterocycles. The Morgan fingerprint density at radius 3 is 2.16 bits per heavy atom. The standard InChI is InChI=1S/C33H26ClN3O7S/c1-41-26-14-22(12-23(15-26)24-13-25(34)19-27(16-24)42-2)20-4-7-30(31(18-20)43-3)37-29-8-6-28(17-21(29)5-9-33(37)38)45(39,40)36-32-10-11-44-35-32/h4-19H,1-3H3,(H,35,36). The zero-order valence-electron chi connectivity index (χ0n) is 24.3. The molecule has 0 atom stereocenters. The second-order valence-corrected chi connectivity index (χ2v) is 12.1. The van der Waals surface area contributed by atoms with Gasteiger partial charge in [-0.2, -0.15) is 0 Å². The van der Waals surface area contributed by atoms with Crippen LogP contribution in [0.1, 0.15) is 0 Å². The van der Waals surface area contributed by atoms with Crippen molar-refractivity contribution < 1.29 is 27.2 Å². The Kier molecular flexibility index (Phi) is 7.96. The molecular weight excluding hydrogens is 618 g/mol. The van der Waals surface area contributed by atoms with Gasteiger partial charge in [-0.1, -0.05) is 22.8 Å². The highest BCUT2D eigenvalue weighted by atomic mass is 35.5. The van der Waals surface area contributed by atoms with E-state index >= 15 is 0 Å². The fourth-order valence-electron chi connectivity index (χ4n) is 5.04. The highest BCUT2D eigenvalue weighted by Crippen LogP contribution is 2.37. The molecule has 12 heteroatoms. The number of halogens is 1. The molecule has 1 N–H and O–H groups in total. The predicted octanol–water partition coefficient (Wildman–Crippen LogP) is 6.79. The van der Waals surface area contributed by atoms with Crippen LogP contribution < -0.4 is 24.5 Å². The molecule has 0 unspecified atom stereocenters. The third-order valence-electron chi connectivity index (χ3n) is 7.19. The summed E-state index contributed by atoms with van der Waals surface area (Å²) < 4.78 is 51.2. The van der Waals surface area contributed by atoms with Gasteiger partial charge < -0.3 is 18.7 Å². The summed E-state index contributed by atoms with van der Waals surface area (Å²) in [7, 11) is 0.746. The Morgan fingerprint density at radius 2 is 1.47 bits per heavy atom. The summed E-state index contributed by atoms with van der Waals surface area (Å²) >= 11 is 6.34. The van der Waals surface area contributed by atoms with E-state index in [2.05, 4.69) is 9.88 Å². The van der Waals surface area contributed by atoms with Gasteiger partial charge in [-0.25, -0.2) is 8.42 Å². The summed E-state index contributed by atoms with van der Waals surface area (Å²) in [6.07, 6.45) is 1.26. The van der Waals surface area contributed by atoms with Gasteiger partial charge in [-0.3, -0.25) is 14.1 Å². The van der Waals surface area contributed by atoms with Crippen molar-refractivity contribution in [1.29, 1.82) is 0 Å². The third-order valence-corrected chi connectivity index (χ3v) is 8.76. The third kappa shape index (κ3) is 5.95. The number of anilines is 1. The molecule has 0 bridgehead atoms. The Morgan fingerprint density at radius 1 is 0.756 bits per heavy atom. The number of nitrogens with zero attached hydrogens (tertiary/aromatic N) is 2. The number of benzene rings is 4. The highest BCUT2D eigenvalue weighted by molar-refractivity contribution is 7.92. The SMILES string of the molecule is COc1cc(Cl)cc(-c2cc(OC)cc(-c3ccc(-n4c(=O)ccc5cc(S(=O)(=O)Nc6ccon6)ccc54)c(OC)c3)c2)c1. The van der Waals surface area contributed by atoms with E-state index in [4.69, 9.17) is 30.3 Å². The first kappa shape index (κ1) is 29.8. The lowest BCUT2D eigenvalue weighted by atomic mass is 9.97. The second-order valence-electron chi connectivity index (χ2n) is 9.93. The molecule has 0 saturated heterocycles. The maximum Gasteiger partial charge on any atom is 0.263 e. The zero-order chi connectivity index (χ0) is 31.7. The highest BCUT2D eigenvalue weighted by Gasteiger charge is 2.19. The van der Waals surface area contributed by atoms with Crippen LogP contribution in [0.3, 0.4) is 0 Å². The molecule has 0 radical (unpaired) electrons. The Labute approximate surface area is 263 Å². The fourth-order valence-corrected chi connectivity index (χ4v) is 6.29. The van der Waals surface area contributed by atoms with E-state index in [1.165, 1.54) is 42.2 Å². The number of hydrogen-bond acceptors (Lipinski definition) is 8. The smallest absolute Gasteiger partial charge is 0.263 e. The van der Waals surface area contributed by atoms with E-state index in [1.54, 1.807) is 38.5 Å². The lowest BCUT2D eigenvalue weighted by molar-refractivity contribution is 0.413. The van der Waals surface area contributed by atoms with Crippen molar-refractivity contribution in [2.75, 3.05) is 26.1 Å². The van der Waals surface area contributed by atoms with E-state index in [1.807, 2.05) is 42.5 Å². The molecular formula is C33H26ClN3O7S. The minimum Gasteiger partial charge on any atom is -0.497 e. The maximum atomic E-state index is 13.2. The summed E-state index contributed by atoms with van der Waals surface area (Å²) in [6.45, 7) is 0. The van der Waals surface area contributed by atoms with Crippen LogP contribution in [-0.4, -0.2) is 39.5 Å². The van der Waals surface area contributed by atoms with Crippen LogP contribution in [0, 0.1) is 0 Å². The monoisotopic (exact) mass is 643 g/mol. The van der Waals surface area contributed by atoms with Crippen molar-refractivity contribution in [3.8, 4) is 45.2 Å². The fraction of sp³-hybridized carbons (Fsp3) is 0.0909. The quantitative estimate of drug-likeness (QED) is 0.183. The molecule has 228 valence electrons. The number of ether oxygens (including phenoxy) is 3. The molecule has 6 rings (SSSR count). The minimum absolute atomic E-state index is 0.00309. The summed E-state index contributed by atoms with van der Waals surface area (Å²) in [5.74, 6) is 1.75. The van der Waals surface area contributed by atoms with E-state index in [0.717, 1.165) is 22.3 Å². The van der Waals surface area contributed by atoms with Crippen molar-refractivity contribution in [1.82, 2.24) is 9.72 Å². The first-order valence-corrected chi connectivity index (χ1v) is 15.4. The second kappa shape index (κ2) is 12.0. The average Bonchev–Trinajstić information content (AvgIpc) is 3.56. The lowest BCUT2D eigenvalue weighted by Crippen LogP contribution is -2.18. The summed E-state index contributed by atoms with van der Waals surface area (Å²) in [6, 6.07) is 25.6. The molecule has 4 aromatic carbocycles. The number of methoxy groups -OCH3 is 3. The molecule has 10 nitrogen and oxygen atoms in total. The van der Waals surface area contributed by atoms with Crippen LogP contribution in [0.25, 0.3) is 38.8 Å². The summed E-state index contributed by atoms with van der Waals surface area (Å²) in [5.41, 5.74) is 4.02. The van der Waals surface area contributed by atoms with E-state index in [-0.39, 0.29) is 16.3 Å². The molecule has 2 heterocycles. The molecule has 0 saturated carbocycles. The van der Waals surface area contributed by atoms with Gasteiger partial charge in [-0.15, -0.1) is 0 Å². The normalized spacial score (nSPS) is 11.4. The average molecular weight is 644 g/mol. The van der Waals surface area contributed by atoms with Crippen molar-refractivity contribution in [2.24, 2.45) is 0 Å². The number of sulfonamides is 1. The van der Waals surface area contributed by atoms with Gasteiger partial charge in [0.2, 0.25) is 0 Å². The molecule has 0 fully saturated rings. The summed E-state index contributed by atoms with van der Waals surface area (Å²) in [4.78, 5) is 13.2. The van der Waals surface area contributed by atoms with Crippen molar-refractivity contribution >= 4 is 38.3 Å². The first-order valence-electron chi connectivity index (χ1n) is 13.5. The van der Waals surface area contributed by atoms with Gasteiger partial charge in [0.25, 0.3) is 15.6 Å². The Balaban J connectivity index is 1.43. The van der Waals surface area contributed by atoms with Crippen molar-refractivity contribution in [3.05, 3.63) is 113 Å². The van der Waals surface area contributed by atoms with Gasteiger partial charge in [0.15, 0.2) is 5.82 Å². The number of rotatable bonds is 9. The van der Waals surface area contributed by atoms with Crippen LogP contribution in [0.5, 0.6) is 17.2 Å². The van der Waals surface area contributed by atoms with E-state index in [9.17, 15) is 13.2 Å². The van der Waals surface area contributed by atoms with Gasteiger partial charge in [0.1, 0.15) is 23.5 Å². The number of hydrogen-bond donors (Lipinski definition) is 1. The van der Waals surface area contributed by atoms with Crippen LogP contribution in [-0.2, 0) is 10.0 Å². The maximum absolute atomic E-state index is 13.2. The van der Waals surface area contributed by atoms with Crippen LogP contribution in [0.2, 0.25) is 5.02 Å². The molecule has 45 heavy (non-hydrogen) atoms. The topological polar surface area (TPSA) is 122 Å². The molecule has 2 aromatic heterocycles. The van der Waals surface area contributed by atoms with Crippen LogP contribution in [0.15, 0.2) is 111 Å². The number of nitrogens with one attached hydrogen (secondary N) is 1. The van der Waals surface area contributed by atoms with Crippen LogP contribution >= 0.6 is 11.6 Å². The predicted molar refractivity (Wildman–Crippen MR) is 172 cm³/mol. The van der Waals surface area contributed by atoms with Crippen molar-refractivity contribution in [2.45, 2.75) is 4.90 Å². The minimum atomic E-state index is -3.96. The molecule has 0 spiro atoms. The number of pyridine rings is 1. The van der Waals surface area contributed by atoms with Gasteiger partial charge >= 0.3 is 0 Å². The molecule has 6 aromatic rings. The zero-order valence-corrected chi connectivity index (χ0v) is 25.8. The van der Waals surface area contributed by atoms with Gasteiger partial charge in [0.05, 0.1) is 37.4 Å². The van der Waals surface area contributed by atoms with E-state index in [0.29, 0.717) is 38.9 Å². The summed E-state index contributed by atoms with van der Waals surface area (Å²) in [5, 5.41) is 4.67. The first-order chi connectivity index (χ1) is 21.7.